The molecule has 7 heteroatoms. The lowest BCUT2D eigenvalue weighted by Crippen LogP contribution is -2.31. The predicted octanol–water partition coefficient (Wildman–Crippen LogP) is 2.68. The van der Waals surface area contributed by atoms with Gasteiger partial charge < -0.3 is 15.0 Å². The Balaban J connectivity index is 1.89. The van der Waals surface area contributed by atoms with Crippen LogP contribution in [0.5, 0.6) is 0 Å². The normalized spacial score (nSPS) is 20.4. The molecule has 0 aliphatic carbocycles. The molecule has 1 saturated heterocycles. The van der Waals surface area contributed by atoms with Crippen LogP contribution in [0.4, 0.5) is 0 Å². The summed E-state index contributed by atoms with van der Waals surface area (Å²) in [6, 6.07) is 9.97. The predicted molar refractivity (Wildman–Crippen MR) is 93.1 cm³/mol. The van der Waals surface area contributed by atoms with E-state index in [2.05, 4.69) is 21.3 Å². The van der Waals surface area contributed by atoms with Gasteiger partial charge in [0.1, 0.15) is 0 Å². The topological polar surface area (TPSA) is 54.5 Å². The molecule has 3 heterocycles. The number of thiophene rings is 1. The molecule has 1 fully saturated rings. The van der Waals surface area contributed by atoms with Gasteiger partial charge in [0, 0.05) is 17.6 Å². The lowest BCUT2D eigenvalue weighted by molar-refractivity contribution is -0.140. The molecular formula is C16H17N3O2S2. The van der Waals surface area contributed by atoms with Crippen LogP contribution in [-0.4, -0.2) is 34.6 Å². The smallest absolute Gasteiger partial charge is 0.307 e. The van der Waals surface area contributed by atoms with Crippen molar-refractivity contribution in [2.24, 2.45) is 0 Å². The van der Waals surface area contributed by atoms with E-state index >= 15 is 0 Å². The molecule has 0 unspecified atom stereocenters. The molecule has 2 aromatic heterocycles. The van der Waals surface area contributed by atoms with Crippen molar-refractivity contribution in [3.8, 4) is 0 Å². The van der Waals surface area contributed by atoms with Crippen molar-refractivity contribution >= 4 is 34.6 Å². The highest BCUT2D eigenvalue weighted by atomic mass is 32.1. The molecule has 0 aromatic carbocycles. The second-order valence-corrected chi connectivity index (χ2v) is 6.53. The molecule has 1 N–H and O–H groups in total. The van der Waals surface area contributed by atoms with Crippen molar-refractivity contribution < 1.29 is 9.53 Å². The van der Waals surface area contributed by atoms with Crippen molar-refractivity contribution in [1.29, 1.82) is 0 Å². The summed E-state index contributed by atoms with van der Waals surface area (Å²) in [7, 11) is 1.40. The molecule has 2 aromatic rings. The molecule has 1 aliphatic rings. The van der Waals surface area contributed by atoms with E-state index < -0.39 is 0 Å². The average molecular weight is 347 g/mol. The minimum atomic E-state index is -0.237. The first-order chi connectivity index (χ1) is 11.2. The molecule has 0 saturated carbocycles. The number of nitrogens with zero attached hydrogens (tertiary/aromatic N) is 2. The van der Waals surface area contributed by atoms with E-state index in [1.165, 1.54) is 12.0 Å². The Hall–Kier alpha value is -1.99. The number of ether oxygens (including phenoxy) is 1. The van der Waals surface area contributed by atoms with Crippen LogP contribution in [0.2, 0.25) is 0 Å². The molecule has 1 aliphatic heterocycles. The number of methoxy groups -OCH3 is 1. The highest BCUT2D eigenvalue weighted by Gasteiger charge is 2.40. The first kappa shape index (κ1) is 15.9. The minimum absolute atomic E-state index is 0.0278. The Labute approximate surface area is 144 Å². The van der Waals surface area contributed by atoms with Crippen molar-refractivity contribution in [2.75, 3.05) is 13.7 Å². The monoisotopic (exact) mass is 347 g/mol. The summed E-state index contributed by atoms with van der Waals surface area (Å²) in [4.78, 5) is 19.2. The molecule has 5 nitrogen and oxygen atoms in total. The number of hydrogen-bond acceptors (Lipinski definition) is 5. The lowest BCUT2D eigenvalue weighted by Gasteiger charge is -2.26. The number of rotatable bonds is 5. The summed E-state index contributed by atoms with van der Waals surface area (Å²) in [6.07, 6.45) is 2.08. The van der Waals surface area contributed by atoms with E-state index in [1.807, 2.05) is 29.6 Å². The second kappa shape index (κ2) is 7.06. The van der Waals surface area contributed by atoms with Crippen molar-refractivity contribution in [3.05, 3.63) is 52.5 Å². The SMILES string of the molecule is COC(=O)CCN1C(=S)N[C@H](c2ccccn2)[C@H]1c1cccs1. The highest BCUT2D eigenvalue weighted by molar-refractivity contribution is 7.80. The van der Waals surface area contributed by atoms with Crippen molar-refractivity contribution in [3.63, 3.8) is 0 Å². The maximum Gasteiger partial charge on any atom is 0.307 e. The fourth-order valence-corrected chi connectivity index (χ4v) is 3.93. The first-order valence-electron chi connectivity index (χ1n) is 7.29. The number of carbonyl (C=O) groups is 1. The van der Waals surface area contributed by atoms with Crippen molar-refractivity contribution in [2.45, 2.75) is 18.5 Å². The summed E-state index contributed by atoms with van der Waals surface area (Å²) < 4.78 is 4.74. The van der Waals surface area contributed by atoms with Gasteiger partial charge >= 0.3 is 5.97 Å². The van der Waals surface area contributed by atoms with Gasteiger partial charge in [-0.15, -0.1) is 11.3 Å². The molecule has 0 spiro atoms. The second-order valence-electron chi connectivity index (χ2n) is 5.16. The summed E-state index contributed by atoms with van der Waals surface area (Å²) in [5, 5.41) is 6.04. The Morgan fingerprint density at radius 2 is 2.30 bits per heavy atom. The minimum Gasteiger partial charge on any atom is -0.469 e. The Kier molecular flexibility index (Phi) is 4.88. The number of esters is 1. The molecule has 23 heavy (non-hydrogen) atoms. The first-order valence-corrected chi connectivity index (χ1v) is 8.58. The maximum atomic E-state index is 11.5. The quantitative estimate of drug-likeness (QED) is 0.663. The molecule has 0 radical (unpaired) electrons. The summed E-state index contributed by atoms with van der Waals surface area (Å²) >= 11 is 7.18. The van der Waals surface area contributed by atoms with Crippen LogP contribution in [0, 0.1) is 0 Å². The third kappa shape index (κ3) is 3.35. The third-order valence-electron chi connectivity index (χ3n) is 3.82. The van der Waals surface area contributed by atoms with Gasteiger partial charge in [0.05, 0.1) is 31.3 Å². The summed E-state index contributed by atoms with van der Waals surface area (Å²) in [6.45, 7) is 0.518. The van der Waals surface area contributed by atoms with Crippen molar-refractivity contribution in [1.82, 2.24) is 15.2 Å². The average Bonchev–Trinajstić information content (AvgIpc) is 3.21. The molecule has 120 valence electrons. The van der Waals surface area contributed by atoms with Crippen LogP contribution in [-0.2, 0) is 9.53 Å². The fraction of sp³-hybridized carbons (Fsp3) is 0.312. The van der Waals surface area contributed by atoms with E-state index in [1.54, 1.807) is 17.5 Å². The number of carbonyl (C=O) groups excluding carboxylic acids is 1. The van der Waals surface area contributed by atoms with E-state index in [-0.39, 0.29) is 18.1 Å². The van der Waals surface area contributed by atoms with Gasteiger partial charge in [-0.25, -0.2) is 0 Å². The highest BCUT2D eigenvalue weighted by Crippen LogP contribution is 2.40. The van der Waals surface area contributed by atoms with Gasteiger partial charge in [0.15, 0.2) is 5.11 Å². The zero-order chi connectivity index (χ0) is 16.2. The summed E-state index contributed by atoms with van der Waals surface area (Å²) in [5.41, 5.74) is 0.939. The maximum absolute atomic E-state index is 11.5. The summed E-state index contributed by atoms with van der Waals surface area (Å²) in [5.74, 6) is -0.237. The van der Waals surface area contributed by atoms with E-state index in [9.17, 15) is 4.79 Å². The zero-order valence-corrected chi connectivity index (χ0v) is 14.3. The van der Waals surface area contributed by atoms with Crippen LogP contribution in [0.1, 0.15) is 29.1 Å². The molecule has 2 atom stereocenters. The molecule has 3 rings (SSSR count). The fourth-order valence-electron chi connectivity index (χ4n) is 2.73. The van der Waals surface area contributed by atoms with Crippen LogP contribution >= 0.6 is 23.6 Å². The number of thiocarbonyl (C=S) groups is 1. The number of aromatic nitrogens is 1. The van der Waals surface area contributed by atoms with E-state index in [0.29, 0.717) is 18.1 Å². The van der Waals surface area contributed by atoms with Gasteiger partial charge in [-0.3, -0.25) is 9.78 Å². The van der Waals surface area contributed by atoms with Gasteiger partial charge in [-0.1, -0.05) is 12.1 Å². The van der Waals surface area contributed by atoms with Gasteiger partial charge in [0.2, 0.25) is 0 Å². The number of pyridine rings is 1. The van der Waals surface area contributed by atoms with Gasteiger partial charge in [-0.05, 0) is 35.8 Å². The molecule has 0 amide bonds. The Morgan fingerprint density at radius 3 is 2.96 bits per heavy atom. The largest absolute Gasteiger partial charge is 0.469 e. The molecular weight excluding hydrogens is 330 g/mol. The van der Waals surface area contributed by atoms with E-state index in [0.717, 1.165) is 5.69 Å². The third-order valence-corrected chi connectivity index (χ3v) is 5.11. The van der Waals surface area contributed by atoms with Crippen LogP contribution < -0.4 is 5.32 Å². The van der Waals surface area contributed by atoms with E-state index in [4.69, 9.17) is 17.0 Å². The van der Waals surface area contributed by atoms with Crippen LogP contribution in [0.15, 0.2) is 41.9 Å². The Morgan fingerprint density at radius 1 is 1.43 bits per heavy atom. The number of hydrogen-bond donors (Lipinski definition) is 1. The molecule has 0 bridgehead atoms. The number of nitrogens with one attached hydrogen (secondary N) is 1. The van der Waals surface area contributed by atoms with Gasteiger partial charge in [0.25, 0.3) is 0 Å². The van der Waals surface area contributed by atoms with Crippen LogP contribution in [0.25, 0.3) is 0 Å². The lowest BCUT2D eigenvalue weighted by atomic mass is 10.0. The van der Waals surface area contributed by atoms with Crippen LogP contribution in [0.3, 0.4) is 0 Å². The standard InChI is InChI=1S/C16H17N3O2S2/c1-21-13(20)7-9-19-15(12-6-4-10-23-12)14(18-16(19)22)11-5-2-3-8-17-11/h2-6,8,10,14-15H,7,9H2,1H3,(H,18,22)/t14-,15-/m1/s1. The zero-order valence-electron chi connectivity index (χ0n) is 12.6. The Bertz CT molecular complexity index is 676. The van der Waals surface area contributed by atoms with Gasteiger partial charge in [-0.2, -0.15) is 0 Å².